The molecule has 0 amide bonds. The van der Waals surface area contributed by atoms with Crippen LogP contribution in [0.3, 0.4) is 0 Å². The predicted octanol–water partition coefficient (Wildman–Crippen LogP) is 4.26. The zero-order valence-electron chi connectivity index (χ0n) is 14.0. The molecule has 1 atom stereocenters. The van der Waals surface area contributed by atoms with Crippen LogP contribution >= 0.6 is 0 Å². The van der Waals surface area contributed by atoms with Gasteiger partial charge in [0, 0.05) is 16.0 Å². The molecular weight excluding hydrogens is 354 g/mol. The lowest BCUT2D eigenvalue weighted by Crippen LogP contribution is -2.11. The number of methoxy groups -OCH3 is 1. The van der Waals surface area contributed by atoms with Gasteiger partial charge in [0.2, 0.25) is 0 Å². The van der Waals surface area contributed by atoms with Crippen LogP contribution in [0.5, 0.6) is 5.75 Å². The third-order valence-corrected chi connectivity index (χ3v) is 5.73. The maximum Gasteiger partial charge on any atom is 0.339 e. The Morgan fingerprint density at radius 2 is 1.92 bits per heavy atom. The summed E-state index contributed by atoms with van der Waals surface area (Å²) in [5, 5.41) is 9.71. The third-order valence-electron chi connectivity index (χ3n) is 3.98. The van der Waals surface area contributed by atoms with Gasteiger partial charge in [0.1, 0.15) is 11.3 Å². The largest absolute Gasteiger partial charge is 0.495 e. The van der Waals surface area contributed by atoms with E-state index in [0.29, 0.717) is 16.0 Å². The van der Waals surface area contributed by atoms with E-state index in [9.17, 15) is 14.1 Å². The number of hydrogen-bond donors (Lipinski definition) is 2. The second-order valence-electron chi connectivity index (χ2n) is 5.63. The van der Waals surface area contributed by atoms with Gasteiger partial charge in [-0.05, 0) is 23.8 Å². The van der Waals surface area contributed by atoms with Gasteiger partial charge in [0.25, 0.3) is 0 Å². The molecule has 0 fully saturated rings. The first-order valence-electron chi connectivity index (χ1n) is 7.71. The highest BCUT2D eigenvalue weighted by Gasteiger charge is 2.24. The Morgan fingerprint density at radius 1 is 1.19 bits per heavy atom. The van der Waals surface area contributed by atoms with Gasteiger partial charge in [-0.1, -0.05) is 30.3 Å². The standard InChI is InChI=1S/C19H17NO5S/c1-24-18-16(13-9-10-25-11-13)8-7-14(17(18)19(21)22)12-26(20,23)15-5-3-2-4-6-15/h2-11,20H,12H2,1H3,(H,21,22)/t26-/m0/s1. The molecule has 0 radical (unpaired) electrons. The van der Waals surface area contributed by atoms with Crippen molar-refractivity contribution in [3.8, 4) is 16.9 Å². The summed E-state index contributed by atoms with van der Waals surface area (Å²) in [6, 6.07) is 13.3. The molecule has 134 valence electrons. The van der Waals surface area contributed by atoms with Crippen molar-refractivity contribution in [2.75, 3.05) is 7.11 Å². The molecule has 3 aromatic rings. The summed E-state index contributed by atoms with van der Waals surface area (Å²) in [4.78, 5) is 12.2. The number of carboxylic acids is 1. The van der Waals surface area contributed by atoms with E-state index in [1.54, 1.807) is 48.5 Å². The summed E-state index contributed by atoms with van der Waals surface area (Å²) >= 11 is 0. The number of ether oxygens (including phenoxy) is 1. The van der Waals surface area contributed by atoms with Crippen LogP contribution in [0, 0.1) is 4.78 Å². The molecule has 0 saturated carbocycles. The van der Waals surface area contributed by atoms with Gasteiger partial charge in [-0.3, -0.25) is 0 Å². The summed E-state index contributed by atoms with van der Waals surface area (Å²) in [5.41, 5.74) is 1.41. The monoisotopic (exact) mass is 371 g/mol. The average molecular weight is 371 g/mol. The minimum Gasteiger partial charge on any atom is -0.495 e. The van der Waals surface area contributed by atoms with Gasteiger partial charge in [0.15, 0.2) is 0 Å². The molecule has 0 aliphatic rings. The van der Waals surface area contributed by atoms with E-state index < -0.39 is 15.7 Å². The van der Waals surface area contributed by atoms with Crippen LogP contribution in [-0.4, -0.2) is 22.4 Å². The predicted molar refractivity (Wildman–Crippen MR) is 96.9 cm³/mol. The Kier molecular flexibility index (Phi) is 4.81. The van der Waals surface area contributed by atoms with Crippen molar-refractivity contribution < 1.29 is 23.3 Å². The summed E-state index contributed by atoms with van der Waals surface area (Å²) in [5.74, 6) is -1.27. The van der Waals surface area contributed by atoms with Crippen LogP contribution in [0.2, 0.25) is 0 Å². The Balaban J connectivity index is 2.12. The lowest BCUT2D eigenvalue weighted by Gasteiger charge is -2.16. The van der Waals surface area contributed by atoms with Crippen LogP contribution in [0.25, 0.3) is 11.1 Å². The second-order valence-corrected chi connectivity index (χ2v) is 7.74. The molecule has 6 nitrogen and oxygen atoms in total. The van der Waals surface area contributed by atoms with E-state index in [1.807, 2.05) is 0 Å². The first-order chi connectivity index (χ1) is 12.4. The topological polar surface area (TPSA) is 101 Å². The van der Waals surface area contributed by atoms with E-state index in [4.69, 9.17) is 13.9 Å². The molecule has 1 aromatic heterocycles. The number of hydrogen-bond acceptors (Lipinski definition) is 5. The fourth-order valence-corrected chi connectivity index (χ4v) is 4.22. The molecule has 0 bridgehead atoms. The molecule has 0 unspecified atom stereocenters. The SMILES string of the molecule is COc1c(-c2ccoc2)ccc(C[S@](=N)(=O)c2ccccc2)c1C(=O)O. The summed E-state index contributed by atoms with van der Waals surface area (Å²) in [7, 11) is -1.82. The molecular formula is C19H17NO5S. The lowest BCUT2D eigenvalue weighted by molar-refractivity contribution is 0.0692. The van der Waals surface area contributed by atoms with Gasteiger partial charge in [0.05, 0.1) is 35.1 Å². The quantitative estimate of drug-likeness (QED) is 0.674. The van der Waals surface area contributed by atoms with E-state index in [0.717, 1.165) is 0 Å². The van der Waals surface area contributed by atoms with Crippen LogP contribution in [0.4, 0.5) is 0 Å². The molecule has 1 heterocycles. The maximum atomic E-state index is 12.9. The van der Waals surface area contributed by atoms with Gasteiger partial charge in [-0.2, -0.15) is 0 Å². The van der Waals surface area contributed by atoms with E-state index in [-0.39, 0.29) is 22.6 Å². The maximum absolute atomic E-state index is 12.9. The van der Waals surface area contributed by atoms with E-state index >= 15 is 0 Å². The zero-order chi connectivity index (χ0) is 18.7. The van der Waals surface area contributed by atoms with Crippen molar-refractivity contribution in [3.05, 3.63) is 72.2 Å². The third kappa shape index (κ3) is 3.34. The molecule has 3 rings (SSSR count). The highest BCUT2D eigenvalue weighted by atomic mass is 32.2. The highest BCUT2D eigenvalue weighted by Crippen LogP contribution is 2.36. The van der Waals surface area contributed by atoms with Gasteiger partial charge in [-0.25, -0.2) is 13.8 Å². The molecule has 0 saturated heterocycles. The number of rotatable bonds is 6. The van der Waals surface area contributed by atoms with Crippen LogP contribution in [-0.2, 0) is 15.5 Å². The second kappa shape index (κ2) is 7.05. The number of carbonyl (C=O) groups is 1. The fourth-order valence-electron chi connectivity index (χ4n) is 2.78. The number of aromatic carboxylic acids is 1. The van der Waals surface area contributed by atoms with Crippen molar-refractivity contribution in [3.63, 3.8) is 0 Å². The zero-order valence-corrected chi connectivity index (χ0v) is 14.8. The Labute approximate surface area is 151 Å². The van der Waals surface area contributed by atoms with E-state index in [1.165, 1.54) is 19.6 Å². The first kappa shape index (κ1) is 17.8. The van der Waals surface area contributed by atoms with E-state index in [2.05, 4.69) is 0 Å². The lowest BCUT2D eigenvalue weighted by atomic mass is 9.99. The Morgan fingerprint density at radius 3 is 2.50 bits per heavy atom. The normalized spacial score (nSPS) is 13.1. The van der Waals surface area contributed by atoms with Crippen molar-refractivity contribution in [2.45, 2.75) is 10.6 Å². The number of carboxylic acid groups (broad SMARTS) is 1. The number of furan rings is 1. The minimum atomic E-state index is -3.20. The summed E-state index contributed by atoms with van der Waals surface area (Å²) in [6.07, 6.45) is 2.97. The molecule has 2 N–H and O–H groups in total. The van der Waals surface area contributed by atoms with Crippen LogP contribution in [0.1, 0.15) is 15.9 Å². The summed E-state index contributed by atoms with van der Waals surface area (Å²) in [6.45, 7) is 0. The van der Waals surface area contributed by atoms with Gasteiger partial charge >= 0.3 is 5.97 Å². The Hall–Kier alpha value is -3.06. The molecule has 0 spiro atoms. The van der Waals surface area contributed by atoms with Gasteiger partial charge < -0.3 is 14.3 Å². The van der Waals surface area contributed by atoms with Crippen molar-refractivity contribution in [2.24, 2.45) is 0 Å². The smallest absolute Gasteiger partial charge is 0.339 e. The number of benzene rings is 2. The number of nitrogens with one attached hydrogen (secondary N) is 1. The average Bonchev–Trinajstić information content (AvgIpc) is 3.15. The summed E-state index contributed by atoms with van der Waals surface area (Å²) < 4.78 is 31.5. The van der Waals surface area contributed by atoms with Crippen molar-refractivity contribution in [1.82, 2.24) is 0 Å². The minimum absolute atomic E-state index is 0.0953. The molecule has 0 aliphatic heterocycles. The molecule has 0 aliphatic carbocycles. The van der Waals surface area contributed by atoms with Crippen molar-refractivity contribution >= 4 is 15.7 Å². The fraction of sp³-hybridized carbons (Fsp3) is 0.105. The molecule has 7 heteroatoms. The first-order valence-corrected chi connectivity index (χ1v) is 9.44. The van der Waals surface area contributed by atoms with Crippen LogP contribution < -0.4 is 4.74 Å². The Bertz CT molecular complexity index is 1030. The molecule has 2 aromatic carbocycles. The highest BCUT2D eigenvalue weighted by molar-refractivity contribution is 7.91. The van der Waals surface area contributed by atoms with Crippen molar-refractivity contribution in [1.29, 1.82) is 4.78 Å². The van der Waals surface area contributed by atoms with Crippen LogP contribution in [0.15, 0.2) is 70.4 Å². The van der Waals surface area contributed by atoms with Gasteiger partial charge in [-0.15, -0.1) is 0 Å². The molecule has 26 heavy (non-hydrogen) atoms.